The number of likely N-dealkylation sites (tertiary alicyclic amines) is 1. The van der Waals surface area contributed by atoms with Crippen LogP contribution in [0.3, 0.4) is 0 Å². The predicted molar refractivity (Wildman–Crippen MR) is 103 cm³/mol. The molecule has 0 aromatic heterocycles. The van der Waals surface area contributed by atoms with E-state index < -0.39 is 11.7 Å². The highest BCUT2D eigenvalue weighted by molar-refractivity contribution is 6.18. The van der Waals surface area contributed by atoms with Crippen molar-refractivity contribution in [3.63, 3.8) is 0 Å². The fourth-order valence-electron chi connectivity index (χ4n) is 2.70. The zero-order valence-corrected chi connectivity index (χ0v) is 16.5. The molecular weight excluding hydrogens is 356 g/mol. The summed E-state index contributed by atoms with van der Waals surface area (Å²) in [4.78, 5) is 14.0. The number of aliphatic hydroxyl groups excluding tert-OH is 1. The fourth-order valence-corrected chi connectivity index (χ4v) is 2.81. The fraction of sp³-hybridized carbons (Fsp3) is 0.632. The second-order valence-corrected chi connectivity index (χ2v) is 7.80. The van der Waals surface area contributed by atoms with Gasteiger partial charge in [0.2, 0.25) is 0 Å². The summed E-state index contributed by atoms with van der Waals surface area (Å²) in [5.41, 5.74) is 0.288. The monoisotopic (exact) mass is 384 g/mol. The van der Waals surface area contributed by atoms with Gasteiger partial charge in [0.15, 0.2) is 0 Å². The molecule has 1 saturated heterocycles. The Hall–Kier alpha value is -1.66. The summed E-state index contributed by atoms with van der Waals surface area (Å²) in [6, 6.07) is 7.57. The van der Waals surface area contributed by atoms with Gasteiger partial charge in [-0.3, -0.25) is 0 Å². The summed E-state index contributed by atoms with van der Waals surface area (Å²) in [7, 11) is 0. The van der Waals surface area contributed by atoms with Gasteiger partial charge in [0.05, 0.1) is 24.2 Å². The van der Waals surface area contributed by atoms with Crippen LogP contribution in [0.25, 0.3) is 0 Å². The number of para-hydroxylation sites is 2. The first-order valence-corrected chi connectivity index (χ1v) is 9.53. The summed E-state index contributed by atoms with van der Waals surface area (Å²) >= 11 is 5.63. The van der Waals surface area contributed by atoms with Crippen molar-refractivity contribution in [1.82, 2.24) is 4.90 Å². The molecule has 1 heterocycles. The van der Waals surface area contributed by atoms with E-state index in [9.17, 15) is 9.90 Å². The molecule has 0 spiro atoms. The Balaban J connectivity index is 1.97. The lowest BCUT2D eigenvalue weighted by atomic mass is 10.1. The number of amides is 1. The highest BCUT2D eigenvalue weighted by Gasteiger charge is 2.28. The number of alkyl halides is 1. The molecule has 0 saturated carbocycles. The van der Waals surface area contributed by atoms with Gasteiger partial charge in [0.1, 0.15) is 17.5 Å². The lowest BCUT2D eigenvalue weighted by molar-refractivity contribution is 0.00784. The average molecular weight is 385 g/mol. The van der Waals surface area contributed by atoms with E-state index in [0.29, 0.717) is 25.4 Å². The molecule has 1 aromatic rings. The first-order valence-electron chi connectivity index (χ1n) is 9.00. The molecule has 1 aliphatic rings. The van der Waals surface area contributed by atoms with Crippen LogP contribution in [0.5, 0.6) is 5.75 Å². The van der Waals surface area contributed by atoms with Crippen LogP contribution in [-0.4, -0.2) is 59.4 Å². The molecule has 2 atom stereocenters. The van der Waals surface area contributed by atoms with Crippen molar-refractivity contribution in [2.45, 2.75) is 51.4 Å². The Morgan fingerprint density at radius 1 is 1.42 bits per heavy atom. The van der Waals surface area contributed by atoms with Crippen molar-refractivity contribution in [3.8, 4) is 5.75 Å². The third-order valence-corrected chi connectivity index (χ3v) is 4.27. The standard InChI is InChI=1S/C19H29ClN2O4/c1-19(2,3)26-18(24)22-10-6-7-15(13-22)25-17-9-5-4-8-16(17)21-12-14(23)11-20/h4-5,8-9,14-15,21,23H,6-7,10-13H2,1-3H3. The number of nitrogens with one attached hydrogen (secondary N) is 1. The van der Waals surface area contributed by atoms with Crippen molar-refractivity contribution < 1.29 is 19.4 Å². The summed E-state index contributed by atoms with van der Waals surface area (Å²) in [5, 5.41) is 12.8. The third kappa shape index (κ3) is 6.57. The number of halogens is 1. The lowest BCUT2D eigenvalue weighted by Gasteiger charge is -2.34. The molecule has 0 aliphatic carbocycles. The highest BCUT2D eigenvalue weighted by atomic mass is 35.5. The number of aliphatic hydroxyl groups is 1. The molecule has 1 fully saturated rings. The molecule has 0 radical (unpaired) electrons. The van der Waals surface area contributed by atoms with Gasteiger partial charge in [0, 0.05) is 13.1 Å². The molecule has 1 amide bonds. The molecule has 0 bridgehead atoms. The summed E-state index contributed by atoms with van der Waals surface area (Å²) < 4.78 is 11.6. The van der Waals surface area contributed by atoms with Gasteiger partial charge in [-0.1, -0.05) is 12.1 Å². The largest absolute Gasteiger partial charge is 0.486 e. The van der Waals surface area contributed by atoms with Gasteiger partial charge in [-0.25, -0.2) is 4.79 Å². The van der Waals surface area contributed by atoms with Gasteiger partial charge in [-0.2, -0.15) is 0 Å². The van der Waals surface area contributed by atoms with Gasteiger partial charge in [-0.15, -0.1) is 11.6 Å². The second-order valence-electron chi connectivity index (χ2n) is 7.49. The van der Waals surface area contributed by atoms with Crippen LogP contribution in [0.15, 0.2) is 24.3 Å². The number of hydrogen-bond donors (Lipinski definition) is 2. The van der Waals surface area contributed by atoms with Crippen LogP contribution >= 0.6 is 11.6 Å². The quantitative estimate of drug-likeness (QED) is 0.735. The first kappa shape index (κ1) is 20.6. The summed E-state index contributed by atoms with van der Waals surface area (Å²) in [6.45, 7) is 7.10. The minimum atomic E-state index is -0.623. The minimum Gasteiger partial charge on any atom is -0.486 e. The number of benzene rings is 1. The first-order chi connectivity index (χ1) is 12.3. The minimum absolute atomic E-state index is 0.0998. The van der Waals surface area contributed by atoms with Crippen molar-refractivity contribution in [2.24, 2.45) is 0 Å². The molecule has 2 unspecified atom stereocenters. The molecule has 1 aromatic carbocycles. The van der Waals surface area contributed by atoms with Gasteiger partial charge in [0.25, 0.3) is 0 Å². The van der Waals surface area contributed by atoms with Crippen molar-refractivity contribution in [2.75, 3.05) is 30.8 Å². The maximum atomic E-state index is 12.3. The molecule has 2 N–H and O–H groups in total. The van der Waals surface area contributed by atoms with Crippen molar-refractivity contribution in [1.29, 1.82) is 0 Å². The van der Waals surface area contributed by atoms with E-state index in [1.54, 1.807) is 4.90 Å². The average Bonchev–Trinajstić information content (AvgIpc) is 2.59. The Kier molecular flexibility index (Phi) is 7.41. The number of nitrogens with zero attached hydrogens (tertiary/aromatic N) is 1. The van der Waals surface area contributed by atoms with E-state index >= 15 is 0 Å². The molecule has 2 rings (SSSR count). The smallest absolute Gasteiger partial charge is 0.410 e. The third-order valence-electron chi connectivity index (χ3n) is 3.92. The van der Waals surface area contributed by atoms with E-state index in [-0.39, 0.29) is 18.1 Å². The van der Waals surface area contributed by atoms with Crippen LogP contribution in [0, 0.1) is 0 Å². The van der Waals surface area contributed by atoms with E-state index in [4.69, 9.17) is 21.1 Å². The maximum Gasteiger partial charge on any atom is 0.410 e. The van der Waals surface area contributed by atoms with E-state index in [1.165, 1.54) is 0 Å². The molecule has 1 aliphatic heterocycles. The molecule has 7 heteroatoms. The number of piperidine rings is 1. The van der Waals surface area contributed by atoms with Gasteiger partial charge >= 0.3 is 6.09 Å². The van der Waals surface area contributed by atoms with Crippen LogP contribution < -0.4 is 10.1 Å². The Morgan fingerprint density at radius 3 is 2.85 bits per heavy atom. The van der Waals surface area contributed by atoms with E-state index in [2.05, 4.69) is 5.32 Å². The number of ether oxygens (including phenoxy) is 2. The predicted octanol–water partition coefficient (Wildman–Crippen LogP) is 3.48. The zero-order chi connectivity index (χ0) is 19.2. The van der Waals surface area contributed by atoms with Gasteiger partial charge < -0.3 is 24.8 Å². The number of carbonyl (C=O) groups excluding carboxylic acids is 1. The zero-order valence-electron chi connectivity index (χ0n) is 15.7. The lowest BCUT2D eigenvalue weighted by Crippen LogP contribution is -2.46. The number of hydrogen-bond acceptors (Lipinski definition) is 5. The van der Waals surface area contributed by atoms with E-state index in [1.807, 2.05) is 45.0 Å². The molecule has 146 valence electrons. The maximum absolute atomic E-state index is 12.3. The molecular formula is C19H29ClN2O4. The summed E-state index contributed by atoms with van der Waals surface area (Å²) in [5.74, 6) is 0.869. The Labute approximate surface area is 160 Å². The number of anilines is 1. The SMILES string of the molecule is CC(C)(C)OC(=O)N1CCCC(Oc2ccccc2NCC(O)CCl)C1. The van der Waals surface area contributed by atoms with Crippen LogP contribution in [0.1, 0.15) is 33.6 Å². The molecule has 6 nitrogen and oxygen atoms in total. The van der Waals surface area contributed by atoms with Gasteiger partial charge in [-0.05, 0) is 45.7 Å². The van der Waals surface area contributed by atoms with Crippen LogP contribution in [0.4, 0.5) is 10.5 Å². The molecule has 26 heavy (non-hydrogen) atoms. The summed E-state index contributed by atoms with van der Waals surface area (Å²) in [6.07, 6.45) is 0.712. The Morgan fingerprint density at radius 2 is 2.15 bits per heavy atom. The normalized spacial score (nSPS) is 19.0. The second kappa shape index (κ2) is 9.33. The Bertz CT molecular complexity index is 591. The highest BCUT2D eigenvalue weighted by Crippen LogP contribution is 2.27. The van der Waals surface area contributed by atoms with Crippen molar-refractivity contribution in [3.05, 3.63) is 24.3 Å². The number of carbonyl (C=O) groups is 1. The number of rotatable bonds is 6. The van der Waals surface area contributed by atoms with Crippen LogP contribution in [-0.2, 0) is 4.74 Å². The van der Waals surface area contributed by atoms with E-state index in [0.717, 1.165) is 18.5 Å². The topological polar surface area (TPSA) is 71.0 Å². The van der Waals surface area contributed by atoms with Crippen LogP contribution in [0.2, 0.25) is 0 Å². The van der Waals surface area contributed by atoms with Crippen molar-refractivity contribution >= 4 is 23.4 Å².